The lowest BCUT2D eigenvalue weighted by atomic mass is 10.0. The molecule has 0 aliphatic heterocycles. The number of ether oxygens (including phenoxy) is 2. The number of rotatable bonds is 14. The van der Waals surface area contributed by atoms with Crippen LogP contribution in [-0.4, -0.2) is 53.9 Å². The number of carbonyl (C=O) groups excluding carboxylic acids is 1. The lowest BCUT2D eigenvalue weighted by Crippen LogP contribution is -2.51. The number of aryl methyl sites for hydroxylation is 1. The van der Waals surface area contributed by atoms with Crippen LogP contribution >= 0.6 is 0 Å². The van der Waals surface area contributed by atoms with Crippen molar-refractivity contribution < 1.29 is 19.4 Å². The number of aliphatic hydroxyl groups is 1. The van der Waals surface area contributed by atoms with Crippen molar-refractivity contribution in [2.75, 3.05) is 26.3 Å². The maximum atomic E-state index is 12.3. The number of para-hydroxylation sites is 1. The third-order valence-electron chi connectivity index (χ3n) is 6.32. The van der Waals surface area contributed by atoms with Crippen molar-refractivity contribution in [2.24, 2.45) is 0 Å². The number of carbonyl (C=O) groups is 1. The standard InChI is InChI=1S/C31H35N5O5/c1-21-27(15-24(17-33)30(39)36-21)22-10-12-26(13-11-22)40-14-6-9-29(38)34-20-31(2,3)35-18-25(37)19-41-28-8-5-4-7-23(28)16-32/h4-5,7-8,10-13,15,25,35,37H,6,9,14,18-20H2,1-3H3,(H,34,38)(H,36,39)/t25-/m0/s1. The molecule has 214 valence electrons. The molecule has 10 nitrogen and oxygen atoms in total. The molecule has 2 aromatic carbocycles. The summed E-state index contributed by atoms with van der Waals surface area (Å²) in [5.74, 6) is 0.982. The summed E-state index contributed by atoms with van der Waals surface area (Å²) in [6.45, 7) is 6.66. The van der Waals surface area contributed by atoms with Gasteiger partial charge in [0.2, 0.25) is 5.91 Å². The molecule has 1 amide bonds. The van der Waals surface area contributed by atoms with Gasteiger partial charge in [-0.3, -0.25) is 9.59 Å². The van der Waals surface area contributed by atoms with E-state index in [4.69, 9.17) is 20.0 Å². The van der Waals surface area contributed by atoms with E-state index < -0.39 is 17.2 Å². The van der Waals surface area contributed by atoms with Crippen molar-refractivity contribution in [2.45, 2.75) is 45.3 Å². The number of amides is 1. The Balaban J connectivity index is 1.34. The van der Waals surface area contributed by atoms with E-state index in [-0.39, 0.29) is 24.6 Å². The van der Waals surface area contributed by atoms with E-state index >= 15 is 0 Å². The van der Waals surface area contributed by atoms with Gasteiger partial charge in [-0.1, -0.05) is 24.3 Å². The predicted molar refractivity (Wildman–Crippen MR) is 154 cm³/mol. The summed E-state index contributed by atoms with van der Waals surface area (Å²) < 4.78 is 11.3. The molecule has 1 atom stereocenters. The zero-order valence-electron chi connectivity index (χ0n) is 23.5. The fraction of sp³-hybridized carbons (Fsp3) is 0.355. The van der Waals surface area contributed by atoms with Gasteiger partial charge in [-0.15, -0.1) is 0 Å². The summed E-state index contributed by atoms with van der Waals surface area (Å²) in [5, 5.41) is 34.7. The first-order valence-corrected chi connectivity index (χ1v) is 13.3. The van der Waals surface area contributed by atoms with Gasteiger partial charge in [-0.2, -0.15) is 10.5 Å². The Morgan fingerprint density at radius 1 is 1.07 bits per heavy atom. The van der Waals surface area contributed by atoms with Crippen LogP contribution in [0.25, 0.3) is 11.1 Å². The van der Waals surface area contributed by atoms with Gasteiger partial charge in [-0.25, -0.2) is 0 Å². The van der Waals surface area contributed by atoms with E-state index in [2.05, 4.69) is 21.7 Å². The van der Waals surface area contributed by atoms with Gasteiger partial charge < -0.3 is 30.2 Å². The number of hydrogen-bond acceptors (Lipinski definition) is 8. The second-order valence-electron chi connectivity index (χ2n) is 10.3. The average molecular weight is 558 g/mol. The van der Waals surface area contributed by atoms with E-state index in [1.54, 1.807) is 37.3 Å². The SMILES string of the molecule is Cc1[nH]c(=O)c(C#N)cc1-c1ccc(OCCCC(=O)NCC(C)(C)NC[C@H](O)COc2ccccc2C#N)cc1. The number of hydrogen-bond donors (Lipinski definition) is 4. The largest absolute Gasteiger partial charge is 0.494 e. The third-order valence-corrected chi connectivity index (χ3v) is 6.32. The van der Waals surface area contributed by atoms with Gasteiger partial charge in [0.15, 0.2) is 0 Å². The smallest absolute Gasteiger partial charge is 0.266 e. The number of nitrogens with one attached hydrogen (secondary N) is 3. The van der Waals surface area contributed by atoms with Crippen molar-refractivity contribution in [3.05, 3.63) is 81.8 Å². The normalized spacial score (nSPS) is 11.7. The molecule has 41 heavy (non-hydrogen) atoms. The molecule has 0 saturated heterocycles. The molecule has 0 unspecified atom stereocenters. The summed E-state index contributed by atoms with van der Waals surface area (Å²) in [7, 11) is 0. The van der Waals surface area contributed by atoms with E-state index in [0.717, 1.165) is 11.1 Å². The highest BCUT2D eigenvalue weighted by Crippen LogP contribution is 2.24. The Bertz CT molecular complexity index is 1470. The van der Waals surface area contributed by atoms with E-state index in [1.807, 2.05) is 44.2 Å². The highest BCUT2D eigenvalue weighted by atomic mass is 16.5. The van der Waals surface area contributed by atoms with Gasteiger partial charge in [0.25, 0.3) is 5.56 Å². The Hall–Kier alpha value is -4.64. The molecule has 3 aromatic rings. The zero-order chi connectivity index (χ0) is 29.8. The molecule has 0 aliphatic carbocycles. The Morgan fingerprint density at radius 3 is 2.49 bits per heavy atom. The zero-order valence-corrected chi connectivity index (χ0v) is 23.5. The molecule has 10 heteroatoms. The summed E-state index contributed by atoms with van der Waals surface area (Å²) in [6, 6.07) is 19.7. The minimum atomic E-state index is -0.793. The summed E-state index contributed by atoms with van der Waals surface area (Å²) in [4.78, 5) is 26.8. The molecule has 0 bridgehead atoms. The maximum absolute atomic E-state index is 12.3. The van der Waals surface area contributed by atoms with E-state index in [0.29, 0.717) is 48.7 Å². The van der Waals surface area contributed by atoms with Crippen LogP contribution in [0.4, 0.5) is 0 Å². The van der Waals surface area contributed by atoms with Crippen molar-refractivity contribution in [1.29, 1.82) is 10.5 Å². The number of H-pyrrole nitrogens is 1. The number of aromatic amines is 1. The average Bonchev–Trinajstić information content (AvgIpc) is 2.97. The third kappa shape index (κ3) is 9.50. The molecule has 0 radical (unpaired) electrons. The molecule has 1 heterocycles. The van der Waals surface area contributed by atoms with Gasteiger partial charge in [0.1, 0.15) is 41.9 Å². The molecule has 0 spiro atoms. The number of β-amino-alcohol motifs (C(OH)–C–C–N with tert-alkyl or cyclic N) is 1. The topological polar surface area (TPSA) is 160 Å². The number of nitrogens with zero attached hydrogens (tertiary/aromatic N) is 2. The second kappa shape index (κ2) is 14.7. The molecule has 0 aliphatic rings. The number of aliphatic hydroxyl groups excluding tert-OH is 1. The molecule has 3 rings (SSSR count). The van der Waals surface area contributed by atoms with Crippen LogP contribution in [0, 0.1) is 29.6 Å². The number of aromatic nitrogens is 1. The highest BCUT2D eigenvalue weighted by molar-refractivity contribution is 5.75. The summed E-state index contributed by atoms with van der Waals surface area (Å²) >= 11 is 0. The Labute approximate surface area is 239 Å². The van der Waals surface area contributed by atoms with Gasteiger partial charge >= 0.3 is 0 Å². The number of pyridine rings is 1. The van der Waals surface area contributed by atoms with Crippen molar-refractivity contribution in [3.63, 3.8) is 0 Å². The minimum absolute atomic E-state index is 0.0335. The van der Waals surface area contributed by atoms with Crippen LogP contribution in [0.2, 0.25) is 0 Å². The molecule has 1 aromatic heterocycles. The lowest BCUT2D eigenvalue weighted by molar-refractivity contribution is -0.121. The molecule has 0 fully saturated rings. The number of benzene rings is 2. The lowest BCUT2D eigenvalue weighted by Gasteiger charge is -2.28. The fourth-order valence-corrected chi connectivity index (χ4v) is 3.95. The predicted octanol–water partition coefficient (Wildman–Crippen LogP) is 3.18. The first-order valence-electron chi connectivity index (χ1n) is 13.3. The van der Waals surface area contributed by atoms with Crippen LogP contribution in [0.1, 0.15) is 43.5 Å². The van der Waals surface area contributed by atoms with E-state index in [9.17, 15) is 14.7 Å². The van der Waals surface area contributed by atoms with Gasteiger partial charge in [-0.05, 0) is 63.1 Å². The van der Waals surface area contributed by atoms with Crippen LogP contribution in [0.5, 0.6) is 11.5 Å². The quantitative estimate of drug-likeness (QED) is 0.220. The first kappa shape index (κ1) is 30.9. The number of nitriles is 2. The first-order chi connectivity index (χ1) is 19.6. The van der Waals surface area contributed by atoms with Crippen LogP contribution < -0.4 is 25.7 Å². The fourth-order valence-electron chi connectivity index (χ4n) is 3.95. The van der Waals surface area contributed by atoms with Gasteiger partial charge in [0, 0.05) is 36.3 Å². The minimum Gasteiger partial charge on any atom is -0.494 e. The highest BCUT2D eigenvalue weighted by Gasteiger charge is 2.20. The van der Waals surface area contributed by atoms with Crippen molar-refractivity contribution >= 4 is 5.91 Å². The van der Waals surface area contributed by atoms with Crippen LogP contribution in [-0.2, 0) is 4.79 Å². The van der Waals surface area contributed by atoms with Crippen molar-refractivity contribution in [3.8, 4) is 34.8 Å². The molecular weight excluding hydrogens is 522 g/mol. The van der Waals surface area contributed by atoms with Crippen molar-refractivity contribution in [1.82, 2.24) is 15.6 Å². The second-order valence-corrected chi connectivity index (χ2v) is 10.3. The summed E-state index contributed by atoms with van der Waals surface area (Å²) in [5.41, 5.74) is 1.90. The Morgan fingerprint density at radius 2 is 1.78 bits per heavy atom. The molecule has 0 saturated carbocycles. The summed E-state index contributed by atoms with van der Waals surface area (Å²) in [6.07, 6.45) is 0.0431. The van der Waals surface area contributed by atoms with Crippen LogP contribution in [0.3, 0.4) is 0 Å². The van der Waals surface area contributed by atoms with E-state index in [1.165, 1.54) is 0 Å². The molecular formula is C31H35N5O5. The van der Waals surface area contributed by atoms with Crippen LogP contribution in [0.15, 0.2) is 59.4 Å². The van der Waals surface area contributed by atoms with Gasteiger partial charge in [0.05, 0.1) is 12.2 Å². The maximum Gasteiger partial charge on any atom is 0.266 e. The monoisotopic (exact) mass is 557 g/mol. The Kier molecular flexibility index (Phi) is 11.0. The molecule has 4 N–H and O–H groups in total.